The second kappa shape index (κ2) is 7.04. The Labute approximate surface area is 165 Å². The zero-order valence-electron chi connectivity index (χ0n) is 15.9. The van der Waals surface area contributed by atoms with Crippen molar-refractivity contribution in [1.29, 1.82) is 0 Å². The van der Waals surface area contributed by atoms with Crippen molar-refractivity contribution in [2.24, 2.45) is 0 Å². The Hall–Kier alpha value is -2.69. The van der Waals surface area contributed by atoms with Gasteiger partial charge in [-0.15, -0.1) is 0 Å². The number of hydrogen-bond acceptors (Lipinski definition) is 4. The normalized spacial score (nSPS) is 20.6. The van der Waals surface area contributed by atoms with E-state index in [9.17, 15) is 4.79 Å². The van der Waals surface area contributed by atoms with E-state index in [2.05, 4.69) is 10.6 Å². The van der Waals surface area contributed by atoms with E-state index in [0.717, 1.165) is 61.3 Å². The first-order valence-electron chi connectivity index (χ1n) is 10.3. The van der Waals surface area contributed by atoms with E-state index in [0.29, 0.717) is 6.04 Å². The number of carbonyl (C=O) groups is 1. The quantitative estimate of drug-likeness (QED) is 0.801. The highest BCUT2D eigenvalue weighted by atomic mass is 16.7. The highest BCUT2D eigenvalue weighted by Gasteiger charge is 2.42. The van der Waals surface area contributed by atoms with Gasteiger partial charge in [-0.3, -0.25) is 4.79 Å². The molecule has 5 nitrogen and oxygen atoms in total. The molecule has 5 rings (SSSR count). The SMILES string of the molecule is O=C(NC1CC1)[C@H](Nc1ccc2c(c1)OC1(CCCCC1)O2)c1ccccc1. The molecule has 0 bridgehead atoms. The summed E-state index contributed by atoms with van der Waals surface area (Å²) in [5.74, 6) is 1.09. The Morgan fingerprint density at radius 2 is 1.71 bits per heavy atom. The summed E-state index contributed by atoms with van der Waals surface area (Å²) in [5.41, 5.74) is 1.80. The van der Waals surface area contributed by atoms with Gasteiger partial charge in [0.2, 0.25) is 5.91 Å². The van der Waals surface area contributed by atoms with Crippen LogP contribution in [0.3, 0.4) is 0 Å². The maximum absolute atomic E-state index is 12.8. The van der Waals surface area contributed by atoms with Gasteiger partial charge in [0.25, 0.3) is 5.79 Å². The standard InChI is InChI=1S/C23H26N2O3/c26-22(25-17-9-10-17)21(16-7-3-1-4-8-16)24-18-11-12-19-20(15-18)28-23(27-19)13-5-2-6-14-23/h1,3-4,7-8,11-12,15,17,21,24H,2,5-6,9-10,13-14H2,(H,25,26)/t21-/m1/s1. The molecule has 1 amide bonds. The summed E-state index contributed by atoms with van der Waals surface area (Å²) in [4.78, 5) is 12.8. The third kappa shape index (κ3) is 3.53. The van der Waals surface area contributed by atoms with Crippen molar-refractivity contribution in [3.63, 3.8) is 0 Å². The summed E-state index contributed by atoms with van der Waals surface area (Å²) in [7, 11) is 0. The smallest absolute Gasteiger partial charge is 0.251 e. The summed E-state index contributed by atoms with van der Waals surface area (Å²) in [6.45, 7) is 0. The van der Waals surface area contributed by atoms with E-state index < -0.39 is 11.8 Å². The molecule has 2 aromatic carbocycles. The predicted molar refractivity (Wildman–Crippen MR) is 107 cm³/mol. The third-order valence-corrected chi connectivity index (χ3v) is 5.78. The van der Waals surface area contributed by atoms with Crippen LogP contribution in [-0.4, -0.2) is 17.7 Å². The largest absolute Gasteiger partial charge is 0.448 e. The van der Waals surface area contributed by atoms with E-state index in [-0.39, 0.29) is 5.91 Å². The monoisotopic (exact) mass is 378 g/mol. The number of benzene rings is 2. The molecule has 1 atom stereocenters. The topological polar surface area (TPSA) is 59.6 Å². The van der Waals surface area contributed by atoms with Crippen LogP contribution in [0.4, 0.5) is 5.69 Å². The molecule has 0 radical (unpaired) electrons. The molecule has 2 saturated carbocycles. The molecule has 1 heterocycles. The van der Waals surface area contributed by atoms with Crippen LogP contribution in [0.1, 0.15) is 56.6 Å². The van der Waals surface area contributed by atoms with Crippen LogP contribution in [0.25, 0.3) is 0 Å². The first-order chi connectivity index (χ1) is 13.7. The van der Waals surface area contributed by atoms with Crippen molar-refractivity contribution in [2.75, 3.05) is 5.32 Å². The maximum Gasteiger partial charge on any atom is 0.251 e. The molecule has 0 aromatic heterocycles. The van der Waals surface area contributed by atoms with E-state index >= 15 is 0 Å². The first-order valence-corrected chi connectivity index (χ1v) is 10.3. The summed E-state index contributed by atoms with van der Waals surface area (Å²) < 4.78 is 12.4. The van der Waals surface area contributed by atoms with Gasteiger partial charge in [-0.05, 0) is 43.4 Å². The van der Waals surface area contributed by atoms with Crippen molar-refractivity contribution < 1.29 is 14.3 Å². The molecule has 28 heavy (non-hydrogen) atoms. The lowest BCUT2D eigenvalue weighted by Gasteiger charge is -2.31. The second-order valence-corrected chi connectivity index (χ2v) is 8.11. The second-order valence-electron chi connectivity index (χ2n) is 8.11. The van der Waals surface area contributed by atoms with Crippen LogP contribution < -0.4 is 20.1 Å². The van der Waals surface area contributed by atoms with Crippen molar-refractivity contribution in [3.8, 4) is 11.5 Å². The summed E-state index contributed by atoms with van der Waals surface area (Å²) in [6, 6.07) is 15.6. The number of amides is 1. The zero-order chi connectivity index (χ0) is 19.0. The van der Waals surface area contributed by atoms with Crippen molar-refractivity contribution >= 4 is 11.6 Å². The molecular weight excluding hydrogens is 352 g/mol. The van der Waals surface area contributed by atoms with Crippen LogP contribution in [0.15, 0.2) is 48.5 Å². The number of carbonyl (C=O) groups excluding carboxylic acids is 1. The van der Waals surface area contributed by atoms with Crippen LogP contribution >= 0.6 is 0 Å². The molecular formula is C23H26N2O3. The fraction of sp³-hybridized carbons (Fsp3) is 0.435. The molecule has 5 heteroatoms. The first kappa shape index (κ1) is 17.4. The Morgan fingerprint density at radius 1 is 0.964 bits per heavy atom. The zero-order valence-corrected chi connectivity index (χ0v) is 15.9. The Morgan fingerprint density at radius 3 is 2.46 bits per heavy atom. The molecule has 1 spiro atoms. The number of hydrogen-bond donors (Lipinski definition) is 2. The minimum Gasteiger partial charge on any atom is -0.448 e. The Balaban J connectivity index is 1.36. The van der Waals surface area contributed by atoms with Gasteiger partial charge in [0.15, 0.2) is 11.5 Å². The molecule has 2 fully saturated rings. The van der Waals surface area contributed by atoms with Gasteiger partial charge < -0.3 is 20.1 Å². The van der Waals surface area contributed by atoms with E-state index in [1.165, 1.54) is 6.42 Å². The van der Waals surface area contributed by atoms with Gasteiger partial charge in [0.1, 0.15) is 6.04 Å². The van der Waals surface area contributed by atoms with Crippen LogP contribution in [0.2, 0.25) is 0 Å². The average molecular weight is 378 g/mol. The van der Waals surface area contributed by atoms with Gasteiger partial charge in [-0.25, -0.2) is 0 Å². The predicted octanol–water partition coefficient (Wildman–Crippen LogP) is 4.55. The lowest BCUT2D eigenvalue weighted by atomic mass is 9.94. The lowest BCUT2D eigenvalue weighted by Crippen LogP contribution is -2.40. The molecule has 2 N–H and O–H groups in total. The van der Waals surface area contributed by atoms with Gasteiger partial charge in [0, 0.05) is 30.6 Å². The highest BCUT2D eigenvalue weighted by molar-refractivity contribution is 5.86. The van der Waals surface area contributed by atoms with Gasteiger partial charge in [-0.1, -0.05) is 36.8 Å². The lowest BCUT2D eigenvalue weighted by molar-refractivity contribution is -0.122. The third-order valence-electron chi connectivity index (χ3n) is 5.78. The molecule has 3 aliphatic rings. The highest BCUT2D eigenvalue weighted by Crippen LogP contribution is 2.46. The van der Waals surface area contributed by atoms with Crippen LogP contribution in [0.5, 0.6) is 11.5 Å². The van der Waals surface area contributed by atoms with E-state index in [1.54, 1.807) is 0 Å². The van der Waals surface area contributed by atoms with Crippen molar-refractivity contribution in [3.05, 3.63) is 54.1 Å². The average Bonchev–Trinajstić information content (AvgIpc) is 3.46. The Bertz CT molecular complexity index is 857. The summed E-state index contributed by atoms with van der Waals surface area (Å²) >= 11 is 0. The molecule has 2 aromatic rings. The van der Waals surface area contributed by atoms with Gasteiger partial charge in [-0.2, -0.15) is 0 Å². The fourth-order valence-corrected chi connectivity index (χ4v) is 4.10. The molecule has 146 valence electrons. The van der Waals surface area contributed by atoms with Crippen LogP contribution in [-0.2, 0) is 4.79 Å². The van der Waals surface area contributed by atoms with Gasteiger partial charge >= 0.3 is 0 Å². The number of nitrogens with one attached hydrogen (secondary N) is 2. The molecule has 0 saturated heterocycles. The fourth-order valence-electron chi connectivity index (χ4n) is 4.10. The van der Waals surface area contributed by atoms with E-state index in [4.69, 9.17) is 9.47 Å². The van der Waals surface area contributed by atoms with Crippen LogP contribution in [0, 0.1) is 0 Å². The maximum atomic E-state index is 12.8. The molecule has 1 aliphatic heterocycles. The number of fused-ring (bicyclic) bond motifs is 1. The minimum atomic E-state index is -0.485. The number of anilines is 1. The van der Waals surface area contributed by atoms with Crippen molar-refractivity contribution in [1.82, 2.24) is 5.32 Å². The molecule has 0 unspecified atom stereocenters. The number of rotatable bonds is 5. The Kier molecular flexibility index (Phi) is 4.38. The summed E-state index contributed by atoms with van der Waals surface area (Å²) in [6.07, 6.45) is 7.51. The van der Waals surface area contributed by atoms with Gasteiger partial charge in [0.05, 0.1) is 0 Å². The summed E-state index contributed by atoms with van der Waals surface area (Å²) in [5, 5.41) is 6.52. The minimum absolute atomic E-state index is 0.00937. The number of ether oxygens (including phenoxy) is 2. The van der Waals surface area contributed by atoms with E-state index in [1.807, 2.05) is 48.5 Å². The molecule has 2 aliphatic carbocycles. The van der Waals surface area contributed by atoms with Crippen molar-refractivity contribution in [2.45, 2.75) is 62.8 Å².